The number of hydrogen-bond donors (Lipinski definition) is 0. The second-order valence-corrected chi connectivity index (χ2v) is 5.84. The number of nitrogens with zero attached hydrogens (tertiary/aromatic N) is 1. The third kappa shape index (κ3) is 7.74. The molecule has 94 valence electrons. The maximum absolute atomic E-state index is 8.78. The monoisotopic (exact) mass is 223 g/mol. The van der Waals surface area contributed by atoms with Crippen LogP contribution in [0.15, 0.2) is 0 Å². The van der Waals surface area contributed by atoms with Gasteiger partial charge in [-0.3, -0.25) is 0 Å². The van der Waals surface area contributed by atoms with Crippen LogP contribution in [0, 0.1) is 35.0 Å². The minimum atomic E-state index is 0.218. The van der Waals surface area contributed by atoms with Gasteiger partial charge in [0.05, 0.1) is 6.07 Å². The third-order valence-electron chi connectivity index (χ3n) is 3.37. The van der Waals surface area contributed by atoms with Gasteiger partial charge in [-0.1, -0.05) is 40.5 Å². The summed E-state index contributed by atoms with van der Waals surface area (Å²) in [5, 5.41) is 8.78. The molecule has 0 radical (unpaired) electrons. The van der Waals surface area contributed by atoms with E-state index in [1.165, 1.54) is 25.7 Å². The van der Waals surface area contributed by atoms with Gasteiger partial charge in [-0.05, 0) is 43.9 Å². The molecule has 0 aromatic heterocycles. The Bertz CT molecular complexity index is 204. The van der Waals surface area contributed by atoms with Gasteiger partial charge in [0.25, 0.3) is 0 Å². The van der Waals surface area contributed by atoms with Crippen LogP contribution in [0.25, 0.3) is 0 Å². The molecule has 0 heterocycles. The number of hydrogen-bond acceptors (Lipinski definition) is 1. The highest BCUT2D eigenvalue weighted by Gasteiger charge is 2.14. The van der Waals surface area contributed by atoms with Crippen molar-refractivity contribution in [2.24, 2.45) is 23.7 Å². The Kier molecular flexibility index (Phi) is 8.35. The Labute approximate surface area is 102 Å². The molecule has 1 heteroatoms. The van der Waals surface area contributed by atoms with Gasteiger partial charge in [0.1, 0.15) is 0 Å². The van der Waals surface area contributed by atoms with Crippen LogP contribution >= 0.6 is 0 Å². The normalized spacial score (nSPS) is 18.5. The highest BCUT2D eigenvalue weighted by molar-refractivity contribution is 4.80. The summed E-state index contributed by atoms with van der Waals surface area (Å²) in [4.78, 5) is 0. The van der Waals surface area contributed by atoms with E-state index < -0.39 is 0 Å². The van der Waals surface area contributed by atoms with Gasteiger partial charge in [0.15, 0.2) is 0 Å². The molecule has 0 aliphatic carbocycles. The summed E-state index contributed by atoms with van der Waals surface area (Å²) in [5.74, 6) is 2.58. The summed E-state index contributed by atoms with van der Waals surface area (Å²) in [6.45, 7) is 11.3. The molecular weight excluding hydrogens is 194 g/mol. The van der Waals surface area contributed by atoms with Crippen LogP contribution in [0.5, 0.6) is 0 Å². The van der Waals surface area contributed by atoms with Crippen LogP contribution < -0.4 is 0 Å². The molecule has 4 atom stereocenters. The highest BCUT2D eigenvalue weighted by Crippen LogP contribution is 2.25. The maximum Gasteiger partial charge on any atom is 0.0652 e. The summed E-state index contributed by atoms with van der Waals surface area (Å²) in [6, 6.07) is 2.33. The molecule has 0 saturated heterocycles. The zero-order chi connectivity index (χ0) is 12.6. The van der Waals surface area contributed by atoms with Crippen molar-refractivity contribution in [1.29, 1.82) is 5.26 Å². The van der Waals surface area contributed by atoms with E-state index in [0.29, 0.717) is 5.92 Å². The fraction of sp³-hybridized carbons (Fsp3) is 0.933. The predicted molar refractivity (Wildman–Crippen MR) is 71.0 cm³/mol. The van der Waals surface area contributed by atoms with E-state index in [4.69, 9.17) is 5.26 Å². The molecule has 0 aliphatic rings. The molecular formula is C15H29N. The molecule has 0 rings (SSSR count). The van der Waals surface area contributed by atoms with E-state index in [0.717, 1.165) is 18.3 Å². The van der Waals surface area contributed by atoms with Crippen LogP contribution in [0.3, 0.4) is 0 Å². The quantitative estimate of drug-likeness (QED) is 0.566. The Morgan fingerprint density at radius 3 is 1.88 bits per heavy atom. The van der Waals surface area contributed by atoms with E-state index in [9.17, 15) is 0 Å². The number of rotatable bonds is 8. The van der Waals surface area contributed by atoms with Gasteiger partial charge < -0.3 is 0 Å². The molecule has 1 unspecified atom stereocenters. The Balaban J connectivity index is 3.78. The minimum absolute atomic E-state index is 0.218. The molecule has 0 bridgehead atoms. The first-order valence-electron chi connectivity index (χ1n) is 6.89. The fourth-order valence-corrected chi connectivity index (χ4v) is 2.83. The van der Waals surface area contributed by atoms with Crippen LogP contribution in [0.1, 0.15) is 66.7 Å². The van der Waals surface area contributed by atoms with E-state index >= 15 is 0 Å². The summed E-state index contributed by atoms with van der Waals surface area (Å²) < 4.78 is 0. The SMILES string of the molecule is CCCC(C)C[C@H](C)C[C@H](C)C[C@H](C)C#N. The predicted octanol–water partition coefficient (Wildman–Crippen LogP) is 5.02. The second kappa shape index (κ2) is 8.62. The van der Waals surface area contributed by atoms with Crippen molar-refractivity contribution in [2.75, 3.05) is 0 Å². The summed E-state index contributed by atoms with van der Waals surface area (Å²) >= 11 is 0. The van der Waals surface area contributed by atoms with Gasteiger partial charge in [-0.2, -0.15) is 5.26 Å². The first-order chi connectivity index (χ1) is 7.49. The van der Waals surface area contributed by atoms with E-state index in [2.05, 4.69) is 33.8 Å². The van der Waals surface area contributed by atoms with Gasteiger partial charge in [0.2, 0.25) is 0 Å². The van der Waals surface area contributed by atoms with Crippen LogP contribution in [0.4, 0.5) is 0 Å². The lowest BCUT2D eigenvalue weighted by molar-refractivity contribution is 0.313. The van der Waals surface area contributed by atoms with Crippen molar-refractivity contribution < 1.29 is 0 Å². The van der Waals surface area contributed by atoms with E-state index in [1.807, 2.05) is 6.92 Å². The minimum Gasteiger partial charge on any atom is -0.198 e. The molecule has 0 aliphatic heterocycles. The van der Waals surface area contributed by atoms with E-state index in [1.54, 1.807) is 0 Å². The lowest BCUT2D eigenvalue weighted by atomic mass is 9.85. The van der Waals surface area contributed by atoms with Gasteiger partial charge in [-0.25, -0.2) is 0 Å². The Morgan fingerprint density at radius 2 is 1.38 bits per heavy atom. The highest BCUT2D eigenvalue weighted by atomic mass is 14.3. The van der Waals surface area contributed by atoms with Crippen molar-refractivity contribution in [3.8, 4) is 6.07 Å². The van der Waals surface area contributed by atoms with Crippen molar-refractivity contribution in [1.82, 2.24) is 0 Å². The summed E-state index contributed by atoms with van der Waals surface area (Å²) in [7, 11) is 0. The number of nitriles is 1. The average Bonchev–Trinajstić information content (AvgIpc) is 2.16. The van der Waals surface area contributed by atoms with E-state index in [-0.39, 0.29) is 5.92 Å². The zero-order valence-corrected chi connectivity index (χ0v) is 11.8. The van der Waals surface area contributed by atoms with Crippen LogP contribution in [-0.4, -0.2) is 0 Å². The van der Waals surface area contributed by atoms with Gasteiger partial charge in [-0.15, -0.1) is 0 Å². The lowest BCUT2D eigenvalue weighted by Gasteiger charge is -2.21. The standard InChI is InChI=1S/C15H29N/c1-6-7-12(2)8-13(3)9-14(4)10-15(5)11-16/h12-15H,6-10H2,1-5H3/t12?,13-,14-,15-/m0/s1. The Hall–Kier alpha value is -0.510. The molecule has 0 aromatic carbocycles. The molecule has 0 N–H and O–H groups in total. The van der Waals surface area contributed by atoms with Gasteiger partial charge >= 0.3 is 0 Å². The molecule has 1 nitrogen and oxygen atoms in total. The molecule has 0 aromatic rings. The third-order valence-corrected chi connectivity index (χ3v) is 3.37. The van der Waals surface area contributed by atoms with Crippen molar-refractivity contribution in [2.45, 2.75) is 66.7 Å². The zero-order valence-electron chi connectivity index (χ0n) is 11.8. The molecule has 0 saturated carbocycles. The average molecular weight is 223 g/mol. The molecule has 0 amide bonds. The van der Waals surface area contributed by atoms with Crippen molar-refractivity contribution >= 4 is 0 Å². The van der Waals surface area contributed by atoms with Crippen LogP contribution in [0.2, 0.25) is 0 Å². The topological polar surface area (TPSA) is 23.8 Å². The van der Waals surface area contributed by atoms with Crippen molar-refractivity contribution in [3.05, 3.63) is 0 Å². The lowest BCUT2D eigenvalue weighted by Crippen LogP contribution is -2.09. The second-order valence-electron chi connectivity index (χ2n) is 5.84. The molecule has 16 heavy (non-hydrogen) atoms. The summed E-state index contributed by atoms with van der Waals surface area (Å²) in [5.41, 5.74) is 0. The molecule has 0 fully saturated rings. The summed E-state index contributed by atoms with van der Waals surface area (Å²) in [6.07, 6.45) is 6.34. The first-order valence-corrected chi connectivity index (χ1v) is 6.89. The Morgan fingerprint density at radius 1 is 0.875 bits per heavy atom. The fourth-order valence-electron chi connectivity index (χ4n) is 2.83. The van der Waals surface area contributed by atoms with Crippen LogP contribution in [-0.2, 0) is 0 Å². The van der Waals surface area contributed by atoms with Gasteiger partial charge in [0, 0.05) is 5.92 Å². The first kappa shape index (κ1) is 15.5. The molecule has 0 spiro atoms. The van der Waals surface area contributed by atoms with Crippen molar-refractivity contribution in [3.63, 3.8) is 0 Å². The maximum atomic E-state index is 8.78. The largest absolute Gasteiger partial charge is 0.198 e. The smallest absolute Gasteiger partial charge is 0.0652 e.